The fraction of sp³-hybridized carbons (Fsp3) is 0.579. The number of rotatable bonds is 9. The first-order valence-electron chi connectivity index (χ1n) is 9.10. The number of carbonyl (C=O) groups is 2. The molecular weight excluding hydrogens is 375 g/mol. The van der Waals surface area contributed by atoms with Crippen LogP contribution in [0.25, 0.3) is 0 Å². The van der Waals surface area contributed by atoms with Crippen molar-refractivity contribution in [2.24, 2.45) is 5.92 Å². The molecule has 2 N–H and O–H groups in total. The van der Waals surface area contributed by atoms with Crippen molar-refractivity contribution in [1.82, 2.24) is 10.2 Å². The van der Waals surface area contributed by atoms with E-state index in [0.717, 1.165) is 24.9 Å². The molecular formula is C19H24Cl2N2O3. The molecule has 0 heterocycles. The Hall–Kier alpha value is -1.30. The van der Waals surface area contributed by atoms with E-state index in [-0.39, 0.29) is 24.5 Å². The van der Waals surface area contributed by atoms with Crippen molar-refractivity contribution in [1.29, 1.82) is 0 Å². The molecule has 0 saturated heterocycles. The van der Waals surface area contributed by atoms with Crippen molar-refractivity contribution < 1.29 is 14.7 Å². The maximum atomic E-state index is 12.1. The van der Waals surface area contributed by atoms with E-state index in [1.54, 1.807) is 12.1 Å². The average molecular weight is 399 g/mol. The van der Waals surface area contributed by atoms with Crippen LogP contribution in [-0.2, 0) is 16.0 Å². The number of carboxylic acids is 1. The van der Waals surface area contributed by atoms with Gasteiger partial charge in [-0.3, -0.25) is 14.5 Å². The van der Waals surface area contributed by atoms with Crippen LogP contribution in [-0.4, -0.2) is 47.1 Å². The molecule has 1 aromatic carbocycles. The van der Waals surface area contributed by atoms with Gasteiger partial charge in [-0.2, -0.15) is 0 Å². The summed E-state index contributed by atoms with van der Waals surface area (Å²) in [6.07, 6.45) is 5.10. The van der Waals surface area contributed by atoms with Gasteiger partial charge in [0.1, 0.15) is 0 Å². The lowest BCUT2D eigenvalue weighted by atomic mass is 9.85. The molecule has 0 unspecified atom stereocenters. The quantitative estimate of drug-likeness (QED) is 0.668. The maximum absolute atomic E-state index is 12.1. The van der Waals surface area contributed by atoms with Crippen molar-refractivity contribution in [2.45, 2.75) is 50.6 Å². The Balaban J connectivity index is 1.39. The summed E-state index contributed by atoms with van der Waals surface area (Å²) in [7, 11) is 0. The molecule has 2 saturated carbocycles. The first-order chi connectivity index (χ1) is 12.4. The fourth-order valence-corrected chi connectivity index (χ4v) is 3.73. The summed E-state index contributed by atoms with van der Waals surface area (Å²) in [4.78, 5) is 25.3. The first-order valence-corrected chi connectivity index (χ1v) is 9.85. The number of benzene rings is 1. The second-order valence-corrected chi connectivity index (χ2v) is 8.22. The van der Waals surface area contributed by atoms with Gasteiger partial charge in [-0.15, -0.1) is 0 Å². The lowest BCUT2D eigenvalue weighted by molar-refractivity contribution is -0.140. The average Bonchev–Trinajstić information content (AvgIpc) is 3.34. The van der Waals surface area contributed by atoms with Crippen molar-refractivity contribution in [3.05, 3.63) is 33.8 Å². The number of amides is 1. The Kier molecular flexibility index (Phi) is 6.43. The monoisotopic (exact) mass is 398 g/mol. The Morgan fingerprint density at radius 1 is 1.19 bits per heavy atom. The number of hydrogen-bond acceptors (Lipinski definition) is 3. The summed E-state index contributed by atoms with van der Waals surface area (Å²) in [5, 5.41) is 13.1. The zero-order valence-corrected chi connectivity index (χ0v) is 16.1. The summed E-state index contributed by atoms with van der Waals surface area (Å²) in [6, 6.07) is 5.83. The second kappa shape index (κ2) is 8.59. The van der Waals surface area contributed by atoms with Gasteiger partial charge in [0.15, 0.2) is 0 Å². The number of carbonyl (C=O) groups excluding carboxylic acids is 1. The number of halogens is 2. The number of hydrogen-bond donors (Lipinski definition) is 2. The molecule has 1 amide bonds. The molecule has 2 aliphatic carbocycles. The molecule has 26 heavy (non-hydrogen) atoms. The van der Waals surface area contributed by atoms with Crippen LogP contribution in [0.3, 0.4) is 0 Å². The summed E-state index contributed by atoms with van der Waals surface area (Å²) < 4.78 is 0. The minimum atomic E-state index is -0.778. The molecule has 0 bridgehead atoms. The van der Waals surface area contributed by atoms with Gasteiger partial charge in [0.25, 0.3) is 0 Å². The first kappa shape index (κ1) is 19.5. The summed E-state index contributed by atoms with van der Waals surface area (Å²) in [6.45, 7) is 0.966. The van der Waals surface area contributed by atoms with E-state index in [1.807, 2.05) is 6.07 Å². The number of aliphatic carboxylic acids is 1. The van der Waals surface area contributed by atoms with Gasteiger partial charge in [0, 0.05) is 25.0 Å². The topological polar surface area (TPSA) is 69.6 Å². The number of aryl methyl sites for hydroxylation is 1. The van der Waals surface area contributed by atoms with Crippen LogP contribution in [0.5, 0.6) is 0 Å². The molecule has 7 heteroatoms. The molecule has 2 fully saturated rings. The number of nitrogens with zero attached hydrogens (tertiary/aromatic N) is 1. The van der Waals surface area contributed by atoms with Crippen LogP contribution in [0, 0.1) is 5.92 Å². The van der Waals surface area contributed by atoms with Crippen molar-refractivity contribution in [3.63, 3.8) is 0 Å². The van der Waals surface area contributed by atoms with Gasteiger partial charge < -0.3 is 10.4 Å². The van der Waals surface area contributed by atoms with Crippen LogP contribution < -0.4 is 5.32 Å². The van der Waals surface area contributed by atoms with Gasteiger partial charge in [-0.1, -0.05) is 29.3 Å². The third-order valence-electron chi connectivity index (χ3n) is 5.15. The normalized spacial score (nSPS) is 22.1. The number of carboxylic acid groups (broad SMARTS) is 1. The molecule has 5 nitrogen and oxygen atoms in total. The van der Waals surface area contributed by atoms with E-state index < -0.39 is 5.97 Å². The van der Waals surface area contributed by atoms with Crippen molar-refractivity contribution in [3.8, 4) is 0 Å². The Morgan fingerprint density at radius 2 is 1.92 bits per heavy atom. The highest BCUT2D eigenvalue weighted by molar-refractivity contribution is 6.42. The van der Waals surface area contributed by atoms with Crippen LogP contribution in [0.4, 0.5) is 0 Å². The molecule has 0 atom stereocenters. The maximum Gasteiger partial charge on any atom is 0.317 e. The minimum Gasteiger partial charge on any atom is -0.480 e. The number of nitrogens with one attached hydrogen (secondary N) is 1. The van der Waals surface area contributed by atoms with E-state index in [0.29, 0.717) is 28.8 Å². The fourth-order valence-electron chi connectivity index (χ4n) is 3.41. The largest absolute Gasteiger partial charge is 0.480 e. The lowest BCUT2D eigenvalue weighted by Gasteiger charge is -2.42. The molecule has 2 aliphatic rings. The highest BCUT2D eigenvalue weighted by atomic mass is 35.5. The summed E-state index contributed by atoms with van der Waals surface area (Å²) >= 11 is 11.9. The highest BCUT2D eigenvalue weighted by Crippen LogP contribution is 2.33. The van der Waals surface area contributed by atoms with Gasteiger partial charge in [0.2, 0.25) is 5.91 Å². The third kappa shape index (κ3) is 5.60. The van der Waals surface area contributed by atoms with E-state index in [1.165, 1.54) is 12.8 Å². The van der Waals surface area contributed by atoms with Crippen LogP contribution >= 0.6 is 23.2 Å². The Bertz CT molecular complexity index is 673. The van der Waals surface area contributed by atoms with Crippen molar-refractivity contribution in [2.75, 3.05) is 13.1 Å². The summed E-state index contributed by atoms with van der Waals surface area (Å²) in [5.41, 5.74) is 0.984. The Labute approximate surface area is 163 Å². The van der Waals surface area contributed by atoms with Gasteiger partial charge in [0.05, 0.1) is 16.6 Å². The van der Waals surface area contributed by atoms with E-state index in [9.17, 15) is 9.59 Å². The predicted octanol–water partition coefficient (Wildman–Crippen LogP) is 3.37. The van der Waals surface area contributed by atoms with Crippen LogP contribution in [0.2, 0.25) is 10.0 Å². The Morgan fingerprint density at radius 3 is 2.54 bits per heavy atom. The minimum absolute atomic E-state index is 0.0199. The van der Waals surface area contributed by atoms with E-state index in [2.05, 4.69) is 10.2 Å². The summed E-state index contributed by atoms with van der Waals surface area (Å²) in [5.74, 6) is -0.0968. The van der Waals surface area contributed by atoms with Crippen LogP contribution in [0.1, 0.15) is 37.7 Å². The molecule has 0 radical (unpaired) electrons. The molecule has 142 valence electrons. The van der Waals surface area contributed by atoms with Gasteiger partial charge in [-0.05, 0) is 55.7 Å². The lowest BCUT2D eigenvalue weighted by Crippen LogP contribution is -2.55. The molecule has 3 rings (SSSR count). The van der Waals surface area contributed by atoms with Gasteiger partial charge >= 0.3 is 5.97 Å². The zero-order valence-electron chi connectivity index (χ0n) is 14.6. The van der Waals surface area contributed by atoms with Crippen LogP contribution in [0.15, 0.2) is 18.2 Å². The third-order valence-corrected chi connectivity index (χ3v) is 5.89. The SMILES string of the molecule is O=C(O)CN(CC1CC1)C1CC(NC(=O)CCc2ccc(Cl)c(Cl)c2)C1. The van der Waals surface area contributed by atoms with Gasteiger partial charge in [-0.25, -0.2) is 0 Å². The molecule has 1 aromatic rings. The molecule has 0 aromatic heterocycles. The standard InChI is InChI=1S/C19H24Cl2N2O3/c20-16-5-3-12(7-17(16)21)4-6-18(24)22-14-8-15(9-14)23(11-19(25)26)10-13-1-2-13/h3,5,7,13-15H,1-2,4,6,8-11H2,(H,22,24)(H,25,26). The predicted molar refractivity (Wildman–Crippen MR) is 102 cm³/mol. The van der Waals surface area contributed by atoms with E-state index in [4.69, 9.17) is 28.3 Å². The smallest absolute Gasteiger partial charge is 0.317 e. The molecule has 0 spiro atoms. The second-order valence-electron chi connectivity index (χ2n) is 7.40. The zero-order chi connectivity index (χ0) is 18.7. The molecule has 0 aliphatic heterocycles. The van der Waals surface area contributed by atoms with Crippen molar-refractivity contribution >= 4 is 35.1 Å². The highest BCUT2D eigenvalue weighted by Gasteiger charge is 2.37. The van der Waals surface area contributed by atoms with E-state index >= 15 is 0 Å².